The Bertz CT molecular complexity index is 150. The van der Waals surface area contributed by atoms with E-state index in [-0.39, 0.29) is 0 Å². The highest BCUT2D eigenvalue weighted by Gasteiger charge is 2.34. The molecule has 2 saturated carbocycles. The van der Waals surface area contributed by atoms with Gasteiger partial charge in [-0.25, -0.2) is 0 Å². The maximum Gasteiger partial charge on any atom is -0.0360 e. The summed E-state index contributed by atoms with van der Waals surface area (Å²) in [6.45, 7) is 4.92. The zero-order chi connectivity index (χ0) is 8.55. The predicted molar refractivity (Wildman–Crippen MR) is 53.0 cm³/mol. The Balaban J connectivity index is 1.99. The summed E-state index contributed by atoms with van der Waals surface area (Å²) < 4.78 is 0. The van der Waals surface area contributed by atoms with Crippen LogP contribution < -0.4 is 0 Å². The smallest absolute Gasteiger partial charge is 0.0360 e. The maximum atomic E-state index is 2.48. The second-order valence-electron chi connectivity index (χ2n) is 5.25. The Kier molecular flexibility index (Phi) is 2.43. The first-order valence-electron chi connectivity index (χ1n) is 5.77. The quantitative estimate of drug-likeness (QED) is 0.512. The Morgan fingerprint density at radius 3 is 2.58 bits per heavy atom. The summed E-state index contributed by atoms with van der Waals surface area (Å²) in [4.78, 5) is 0. The molecular formula is C12H22. The highest BCUT2D eigenvalue weighted by atomic mass is 14.4. The molecule has 70 valence electrons. The van der Waals surface area contributed by atoms with Crippen molar-refractivity contribution in [3.05, 3.63) is 0 Å². The van der Waals surface area contributed by atoms with E-state index in [0.717, 1.165) is 23.7 Å². The van der Waals surface area contributed by atoms with Gasteiger partial charge in [0, 0.05) is 0 Å². The third kappa shape index (κ3) is 1.53. The van der Waals surface area contributed by atoms with Gasteiger partial charge in [0.1, 0.15) is 0 Å². The van der Waals surface area contributed by atoms with E-state index < -0.39 is 0 Å². The van der Waals surface area contributed by atoms with Crippen LogP contribution in [0.3, 0.4) is 0 Å². The molecule has 2 aliphatic carbocycles. The van der Waals surface area contributed by atoms with Crippen LogP contribution in [0.1, 0.15) is 52.4 Å². The van der Waals surface area contributed by atoms with Gasteiger partial charge in [0.15, 0.2) is 0 Å². The summed E-state index contributed by atoms with van der Waals surface area (Å²) in [6.07, 6.45) is 9.14. The fourth-order valence-corrected chi connectivity index (χ4v) is 3.52. The molecule has 0 nitrogen and oxygen atoms in total. The molecule has 0 aromatic rings. The molecule has 0 heteroatoms. The summed E-state index contributed by atoms with van der Waals surface area (Å²) in [7, 11) is 0. The van der Waals surface area contributed by atoms with Crippen LogP contribution >= 0.6 is 0 Å². The van der Waals surface area contributed by atoms with E-state index in [2.05, 4.69) is 13.8 Å². The van der Waals surface area contributed by atoms with Gasteiger partial charge in [-0.3, -0.25) is 0 Å². The summed E-state index contributed by atoms with van der Waals surface area (Å²) in [6, 6.07) is 0. The van der Waals surface area contributed by atoms with E-state index in [0.29, 0.717) is 0 Å². The Hall–Kier alpha value is 0. The topological polar surface area (TPSA) is 0 Å². The maximum absolute atomic E-state index is 2.48. The lowest BCUT2D eigenvalue weighted by Gasteiger charge is -2.42. The molecule has 0 saturated heterocycles. The van der Waals surface area contributed by atoms with Gasteiger partial charge in [0.05, 0.1) is 0 Å². The average Bonchev–Trinajstić information content (AvgIpc) is 2.04. The summed E-state index contributed by atoms with van der Waals surface area (Å²) >= 11 is 0. The lowest BCUT2D eigenvalue weighted by molar-refractivity contribution is 0.0892. The van der Waals surface area contributed by atoms with Crippen molar-refractivity contribution >= 4 is 0 Å². The summed E-state index contributed by atoms with van der Waals surface area (Å²) in [5.41, 5.74) is 0. The molecule has 2 aliphatic rings. The van der Waals surface area contributed by atoms with Gasteiger partial charge in [0.25, 0.3) is 0 Å². The molecule has 2 rings (SSSR count). The van der Waals surface area contributed by atoms with Gasteiger partial charge < -0.3 is 0 Å². The van der Waals surface area contributed by atoms with E-state index in [9.17, 15) is 0 Å². The van der Waals surface area contributed by atoms with Gasteiger partial charge >= 0.3 is 0 Å². The van der Waals surface area contributed by atoms with Gasteiger partial charge in [-0.1, -0.05) is 39.5 Å². The fourth-order valence-electron chi connectivity index (χ4n) is 3.52. The molecule has 0 bridgehead atoms. The van der Waals surface area contributed by atoms with E-state index >= 15 is 0 Å². The van der Waals surface area contributed by atoms with Crippen LogP contribution in [0.4, 0.5) is 0 Å². The first kappa shape index (κ1) is 8.59. The van der Waals surface area contributed by atoms with E-state index in [1.54, 1.807) is 6.42 Å². The molecule has 0 aliphatic heterocycles. The molecule has 0 radical (unpaired) electrons. The molecule has 0 N–H and O–H groups in total. The lowest BCUT2D eigenvalue weighted by Crippen LogP contribution is -2.31. The lowest BCUT2D eigenvalue weighted by atomic mass is 9.64. The number of fused-ring (bicyclic) bond motifs is 1. The van der Waals surface area contributed by atoms with Crippen LogP contribution in [0.2, 0.25) is 0 Å². The molecule has 12 heavy (non-hydrogen) atoms. The minimum absolute atomic E-state index is 1.02. The van der Waals surface area contributed by atoms with Crippen molar-refractivity contribution in [1.29, 1.82) is 0 Å². The molecule has 2 fully saturated rings. The first-order chi connectivity index (χ1) is 5.77. The van der Waals surface area contributed by atoms with E-state index in [4.69, 9.17) is 0 Å². The van der Waals surface area contributed by atoms with Gasteiger partial charge in [-0.05, 0) is 36.5 Å². The zero-order valence-electron chi connectivity index (χ0n) is 8.55. The number of hydrogen-bond acceptors (Lipinski definition) is 0. The third-order valence-corrected chi connectivity index (χ3v) is 4.27. The number of rotatable bonds is 0. The highest BCUT2D eigenvalue weighted by Crippen LogP contribution is 2.45. The van der Waals surface area contributed by atoms with Crippen molar-refractivity contribution in [2.45, 2.75) is 52.4 Å². The normalized spacial score (nSPS) is 48.5. The van der Waals surface area contributed by atoms with Crippen LogP contribution in [-0.2, 0) is 0 Å². The van der Waals surface area contributed by atoms with Crippen LogP contribution in [0.5, 0.6) is 0 Å². The van der Waals surface area contributed by atoms with Crippen LogP contribution in [0, 0.1) is 23.7 Å². The molecule has 0 spiro atoms. The Morgan fingerprint density at radius 1 is 0.917 bits per heavy atom. The monoisotopic (exact) mass is 166 g/mol. The highest BCUT2D eigenvalue weighted by molar-refractivity contribution is 4.85. The zero-order valence-corrected chi connectivity index (χ0v) is 8.55. The molecule has 0 amide bonds. The third-order valence-electron chi connectivity index (χ3n) is 4.27. The SMILES string of the molecule is C[C@@H]1CCC2[C@@H](CCC[C@@H]2C)C1. The van der Waals surface area contributed by atoms with Crippen molar-refractivity contribution in [2.24, 2.45) is 23.7 Å². The van der Waals surface area contributed by atoms with Crippen molar-refractivity contribution < 1.29 is 0 Å². The summed E-state index contributed by atoms with van der Waals surface area (Å²) in [5.74, 6) is 4.28. The average molecular weight is 166 g/mol. The largest absolute Gasteiger partial charge is 0.0625 e. The first-order valence-corrected chi connectivity index (χ1v) is 5.77. The standard InChI is InChI=1S/C12H22/c1-9-6-7-12-10(2)4-3-5-11(12)8-9/h9-12H,3-8H2,1-2H3/t9-,10+,11+,12?/m1/s1. The minimum Gasteiger partial charge on any atom is -0.0625 e. The van der Waals surface area contributed by atoms with Crippen LogP contribution in [0.25, 0.3) is 0 Å². The molecular weight excluding hydrogens is 144 g/mol. The van der Waals surface area contributed by atoms with E-state index in [1.807, 2.05) is 0 Å². The molecule has 0 aromatic carbocycles. The second-order valence-corrected chi connectivity index (χ2v) is 5.25. The van der Waals surface area contributed by atoms with Crippen LogP contribution in [0.15, 0.2) is 0 Å². The minimum atomic E-state index is 1.02. The molecule has 1 unspecified atom stereocenters. The fraction of sp³-hybridized carbons (Fsp3) is 1.00. The van der Waals surface area contributed by atoms with Crippen molar-refractivity contribution in [3.8, 4) is 0 Å². The predicted octanol–water partition coefficient (Wildman–Crippen LogP) is 3.86. The van der Waals surface area contributed by atoms with Crippen molar-refractivity contribution in [2.75, 3.05) is 0 Å². The van der Waals surface area contributed by atoms with E-state index in [1.165, 1.54) is 32.1 Å². The molecule has 4 atom stereocenters. The molecule has 0 aromatic heterocycles. The Labute approximate surface area is 76.7 Å². The van der Waals surface area contributed by atoms with Gasteiger partial charge in [-0.15, -0.1) is 0 Å². The molecule has 0 heterocycles. The second kappa shape index (κ2) is 3.40. The number of hydrogen-bond donors (Lipinski definition) is 0. The van der Waals surface area contributed by atoms with Gasteiger partial charge in [0.2, 0.25) is 0 Å². The van der Waals surface area contributed by atoms with Crippen molar-refractivity contribution in [3.63, 3.8) is 0 Å². The van der Waals surface area contributed by atoms with Gasteiger partial charge in [-0.2, -0.15) is 0 Å². The van der Waals surface area contributed by atoms with Crippen molar-refractivity contribution in [1.82, 2.24) is 0 Å². The van der Waals surface area contributed by atoms with Crippen LogP contribution in [-0.4, -0.2) is 0 Å². The summed E-state index contributed by atoms with van der Waals surface area (Å²) in [5, 5.41) is 0. The Morgan fingerprint density at radius 2 is 1.75 bits per heavy atom.